The fourth-order valence-corrected chi connectivity index (χ4v) is 2.84. The van der Waals surface area contributed by atoms with Crippen LogP contribution >= 0.6 is 0 Å². The van der Waals surface area contributed by atoms with Crippen LogP contribution < -0.4 is 4.72 Å². The summed E-state index contributed by atoms with van der Waals surface area (Å²) in [7, 11) is -4.10. The van der Waals surface area contributed by atoms with E-state index >= 15 is 0 Å². The molecule has 0 bridgehead atoms. The largest absolute Gasteiger partial charge is 0.289 e. The Labute approximate surface area is 111 Å². The molecular formula is C11H13N3O4S. The number of nitro benzene ring substituents is 1. The van der Waals surface area contributed by atoms with E-state index in [0.29, 0.717) is 11.1 Å². The van der Waals surface area contributed by atoms with Gasteiger partial charge in [0.2, 0.25) is 10.0 Å². The maximum atomic E-state index is 12.0. The van der Waals surface area contributed by atoms with Crippen LogP contribution in [0.1, 0.15) is 18.1 Å². The van der Waals surface area contributed by atoms with Gasteiger partial charge in [-0.2, -0.15) is 9.98 Å². The van der Waals surface area contributed by atoms with Crippen molar-refractivity contribution in [3.8, 4) is 6.07 Å². The fraction of sp³-hybridized carbons (Fsp3) is 0.364. The predicted molar refractivity (Wildman–Crippen MR) is 68.0 cm³/mol. The third-order valence-corrected chi connectivity index (χ3v) is 4.16. The van der Waals surface area contributed by atoms with Crippen molar-refractivity contribution in [2.24, 2.45) is 0 Å². The number of rotatable bonds is 4. The summed E-state index contributed by atoms with van der Waals surface area (Å²) < 4.78 is 26.1. The number of benzene rings is 1. The van der Waals surface area contributed by atoms with Crippen molar-refractivity contribution in [1.29, 1.82) is 5.26 Å². The molecule has 1 atom stereocenters. The van der Waals surface area contributed by atoms with Crippen LogP contribution in [0.2, 0.25) is 0 Å². The number of nitriles is 1. The second-order valence-corrected chi connectivity index (χ2v) is 5.82. The van der Waals surface area contributed by atoms with E-state index in [1.165, 1.54) is 19.1 Å². The van der Waals surface area contributed by atoms with Gasteiger partial charge in [0.05, 0.1) is 11.0 Å². The molecule has 7 nitrogen and oxygen atoms in total. The normalized spacial score (nSPS) is 12.7. The highest BCUT2D eigenvalue weighted by atomic mass is 32.2. The third-order valence-electron chi connectivity index (χ3n) is 2.59. The summed E-state index contributed by atoms with van der Waals surface area (Å²) in [5, 5.41) is 19.5. The molecule has 0 saturated heterocycles. The Hall–Kier alpha value is -1.98. The molecule has 102 valence electrons. The van der Waals surface area contributed by atoms with Crippen LogP contribution in [0.4, 0.5) is 5.69 Å². The summed E-state index contributed by atoms with van der Waals surface area (Å²) in [5.41, 5.74) is 0.746. The summed E-state index contributed by atoms with van der Waals surface area (Å²) in [5.74, 6) is 0. The van der Waals surface area contributed by atoms with Crippen LogP contribution in [-0.4, -0.2) is 19.4 Å². The van der Waals surface area contributed by atoms with E-state index in [1.807, 2.05) is 0 Å². The summed E-state index contributed by atoms with van der Waals surface area (Å²) in [4.78, 5) is 9.76. The summed E-state index contributed by atoms with van der Waals surface area (Å²) in [6, 6.07) is 3.18. The maximum Gasteiger partial charge on any atom is 0.289 e. The van der Waals surface area contributed by atoms with Gasteiger partial charge in [0.15, 0.2) is 4.90 Å². The zero-order valence-corrected chi connectivity index (χ0v) is 11.5. The van der Waals surface area contributed by atoms with Crippen molar-refractivity contribution in [3.05, 3.63) is 33.4 Å². The predicted octanol–water partition coefficient (Wildman–Crippen LogP) is 1.40. The van der Waals surface area contributed by atoms with E-state index in [2.05, 4.69) is 4.72 Å². The van der Waals surface area contributed by atoms with Gasteiger partial charge < -0.3 is 0 Å². The minimum atomic E-state index is -4.10. The molecule has 0 heterocycles. The van der Waals surface area contributed by atoms with Crippen LogP contribution in [0.5, 0.6) is 0 Å². The zero-order chi connectivity index (χ0) is 14.8. The number of hydrogen-bond donors (Lipinski definition) is 1. The van der Waals surface area contributed by atoms with Crippen LogP contribution in [0.3, 0.4) is 0 Å². The summed E-state index contributed by atoms with van der Waals surface area (Å²) >= 11 is 0. The first-order valence-corrected chi connectivity index (χ1v) is 6.85. The average Bonchev–Trinajstić information content (AvgIpc) is 2.30. The fourth-order valence-electron chi connectivity index (χ4n) is 1.45. The average molecular weight is 283 g/mol. The van der Waals surface area contributed by atoms with Crippen LogP contribution in [-0.2, 0) is 10.0 Å². The molecule has 0 aromatic heterocycles. The zero-order valence-electron chi connectivity index (χ0n) is 10.7. The maximum absolute atomic E-state index is 12.0. The molecule has 1 N–H and O–H groups in total. The Bertz CT molecular complexity index is 661. The van der Waals surface area contributed by atoms with Crippen LogP contribution in [0.25, 0.3) is 0 Å². The highest BCUT2D eigenvalue weighted by molar-refractivity contribution is 7.89. The molecule has 1 unspecified atom stereocenters. The molecule has 0 aliphatic rings. The SMILES string of the molecule is Cc1cc([N+](=O)[O-])c(S(=O)(=O)NC(C)C#N)cc1C. The number of sulfonamides is 1. The number of hydrogen-bond acceptors (Lipinski definition) is 5. The topological polar surface area (TPSA) is 113 Å². The van der Waals surface area contributed by atoms with Gasteiger partial charge in [0.25, 0.3) is 5.69 Å². The second-order valence-electron chi connectivity index (χ2n) is 4.13. The number of nitro groups is 1. The smallest absolute Gasteiger partial charge is 0.258 e. The van der Waals surface area contributed by atoms with E-state index in [4.69, 9.17) is 5.26 Å². The molecule has 1 rings (SSSR count). The first kappa shape index (κ1) is 15.1. The van der Waals surface area contributed by atoms with Crippen molar-refractivity contribution in [3.63, 3.8) is 0 Å². The van der Waals surface area contributed by atoms with E-state index < -0.39 is 31.6 Å². The lowest BCUT2D eigenvalue weighted by atomic mass is 10.1. The number of aryl methyl sites for hydroxylation is 2. The van der Waals surface area contributed by atoms with E-state index in [-0.39, 0.29) is 0 Å². The lowest BCUT2D eigenvalue weighted by Gasteiger charge is -2.10. The van der Waals surface area contributed by atoms with E-state index in [0.717, 1.165) is 0 Å². The lowest BCUT2D eigenvalue weighted by molar-refractivity contribution is -0.387. The molecule has 0 fully saturated rings. The Morgan fingerprint density at radius 3 is 2.37 bits per heavy atom. The van der Waals surface area contributed by atoms with Crippen molar-refractivity contribution in [1.82, 2.24) is 4.72 Å². The number of nitrogens with zero attached hydrogens (tertiary/aromatic N) is 2. The highest BCUT2D eigenvalue weighted by Gasteiger charge is 2.27. The molecule has 0 saturated carbocycles. The van der Waals surface area contributed by atoms with Crippen molar-refractivity contribution >= 4 is 15.7 Å². The third kappa shape index (κ3) is 3.27. The van der Waals surface area contributed by atoms with E-state index in [9.17, 15) is 18.5 Å². The second kappa shape index (κ2) is 5.34. The molecule has 0 aliphatic carbocycles. The number of nitrogens with one attached hydrogen (secondary N) is 1. The van der Waals surface area contributed by atoms with Crippen molar-refractivity contribution in [2.45, 2.75) is 31.7 Å². The van der Waals surface area contributed by atoms with Gasteiger partial charge in [-0.3, -0.25) is 10.1 Å². The van der Waals surface area contributed by atoms with E-state index in [1.54, 1.807) is 19.9 Å². The standard InChI is InChI=1S/C11H13N3O4S/c1-7-4-10(14(15)16)11(5-8(7)2)19(17,18)13-9(3)6-12/h4-5,9,13H,1-3H3. The van der Waals surface area contributed by atoms with Gasteiger partial charge in [-0.1, -0.05) is 0 Å². The molecule has 19 heavy (non-hydrogen) atoms. The van der Waals surface area contributed by atoms with Gasteiger partial charge in [0.1, 0.15) is 6.04 Å². The van der Waals surface area contributed by atoms with Crippen LogP contribution in [0.15, 0.2) is 17.0 Å². The van der Waals surface area contributed by atoms with Gasteiger partial charge >= 0.3 is 0 Å². The Morgan fingerprint density at radius 1 is 1.37 bits per heavy atom. The Morgan fingerprint density at radius 2 is 1.89 bits per heavy atom. The minimum absolute atomic E-state index is 0.428. The van der Waals surface area contributed by atoms with Gasteiger partial charge in [-0.05, 0) is 38.0 Å². The van der Waals surface area contributed by atoms with Gasteiger partial charge in [0, 0.05) is 6.07 Å². The van der Waals surface area contributed by atoms with Gasteiger partial charge in [-0.25, -0.2) is 8.42 Å². The first-order valence-electron chi connectivity index (χ1n) is 5.36. The van der Waals surface area contributed by atoms with Crippen LogP contribution in [0, 0.1) is 35.3 Å². The molecule has 0 spiro atoms. The van der Waals surface area contributed by atoms with Crippen molar-refractivity contribution < 1.29 is 13.3 Å². The molecule has 1 aromatic rings. The summed E-state index contributed by atoms with van der Waals surface area (Å²) in [6.07, 6.45) is 0. The molecule has 0 amide bonds. The van der Waals surface area contributed by atoms with Gasteiger partial charge in [-0.15, -0.1) is 0 Å². The quantitative estimate of drug-likeness (QED) is 0.662. The molecule has 0 radical (unpaired) electrons. The minimum Gasteiger partial charge on any atom is -0.258 e. The first-order chi connectivity index (χ1) is 8.69. The molecule has 0 aliphatic heterocycles. The molecule has 1 aromatic carbocycles. The lowest BCUT2D eigenvalue weighted by Crippen LogP contribution is -2.31. The Balaban J connectivity index is 3.46. The molecule has 8 heteroatoms. The monoisotopic (exact) mass is 283 g/mol. The summed E-state index contributed by atoms with van der Waals surface area (Å²) in [6.45, 7) is 4.67. The highest BCUT2D eigenvalue weighted by Crippen LogP contribution is 2.27. The van der Waals surface area contributed by atoms with Crippen molar-refractivity contribution in [2.75, 3.05) is 0 Å². The Kier molecular flexibility index (Phi) is 4.24. The molecular weight excluding hydrogens is 270 g/mol.